The molecule has 2 N–H and O–H groups in total. The first-order valence-corrected chi connectivity index (χ1v) is 9.52. The Morgan fingerprint density at radius 1 is 0.897 bits per heavy atom. The SMILES string of the molecule is CN1CCN(CCOCCOc2ccc3ccccc3c2)CC1.O=C(O)C(=O)O. The van der Waals surface area contributed by atoms with Crippen LogP contribution in [0.2, 0.25) is 0 Å². The molecule has 1 saturated heterocycles. The van der Waals surface area contributed by atoms with Gasteiger partial charge in [0.25, 0.3) is 0 Å². The van der Waals surface area contributed by atoms with Crippen LogP contribution in [0.1, 0.15) is 0 Å². The highest BCUT2D eigenvalue weighted by molar-refractivity contribution is 6.27. The summed E-state index contributed by atoms with van der Waals surface area (Å²) in [6, 6.07) is 14.5. The molecule has 1 aliphatic heterocycles. The van der Waals surface area contributed by atoms with Crippen molar-refractivity contribution in [1.29, 1.82) is 0 Å². The number of carboxylic acids is 2. The third kappa shape index (κ3) is 8.47. The number of aliphatic carboxylic acids is 2. The number of ether oxygens (including phenoxy) is 2. The van der Waals surface area contributed by atoms with Crippen molar-refractivity contribution in [3.05, 3.63) is 42.5 Å². The second kappa shape index (κ2) is 12.0. The highest BCUT2D eigenvalue weighted by Crippen LogP contribution is 2.20. The number of nitrogens with zero attached hydrogens (tertiary/aromatic N) is 2. The number of carbonyl (C=O) groups is 2. The van der Waals surface area contributed by atoms with Gasteiger partial charge in [0.1, 0.15) is 12.4 Å². The van der Waals surface area contributed by atoms with Crippen LogP contribution in [0.4, 0.5) is 0 Å². The summed E-state index contributed by atoms with van der Waals surface area (Å²) in [5.74, 6) is -2.74. The monoisotopic (exact) mass is 404 g/mol. The molecule has 158 valence electrons. The average molecular weight is 404 g/mol. The van der Waals surface area contributed by atoms with Gasteiger partial charge in [-0.15, -0.1) is 0 Å². The molecule has 0 aromatic heterocycles. The van der Waals surface area contributed by atoms with Gasteiger partial charge >= 0.3 is 11.9 Å². The first kappa shape index (κ1) is 22.6. The van der Waals surface area contributed by atoms with Gasteiger partial charge in [-0.05, 0) is 30.0 Å². The molecule has 0 amide bonds. The van der Waals surface area contributed by atoms with Crippen molar-refractivity contribution in [2.75, 3.05) is 59.6 Å². The van der Waals surface area contributed by atoms with Gasteiger partial charge in [-0.1, -0.05) is 30.3 Å². The summed E-state index contributed by atoms with van der Waals surface area (Å²) in [4.78, 5) is 23.0. The molecule has 1 fully saturated rings. The molecular formula is C21H28N2O6. The fourth-order valence-corrected chi connectivity index (χ4v) is 2.84. The number of carboxylic acid groups (broad SMARTS) is 2. The maximum absolute atomic E-state index is 9.10. The van der Waals surface area contributed by atoms with E-state index in [4.69, 9.17) is 29.3 Å². The molecule has 3 rings (SSSR count). The van der Waals surface area contributed by atoms with Crippen LogP contribution in [-0.2, 0) is 14.3 Å². The van der Waals surface area contributed by atoms with Crippen LogP contribution in [0.15, 0.2) is 42.5 Å². The standard InChI is InChI=1S/C19H26N2O2.C2H2O4/c1-20-8-10-21(11-9-20)12-13-22-14-15-23-19-7-6-17-4-2-3-5-18(17)16-19;3-1(4)2(5)6/h2-7,16H,8-15H2,1H3;(H,3,4)(H,5,6). The molecule has 2 aromatic rings. The Bertz CT molecular complexity index is 778. The minimum Gasteiger partial charge on any atom is -0.491 e. The number of likely N-dealkylation sites (N-methyl/N-ethyl adjacent to an activating group) is 1. The number of hydrogen-bond acceptors (Lipinski definition) is 6. The number of hydrogen-bond donors (Lipinski definition) is 2. The molecule has 0 saturated carbocycles. The van der Waals surface area contributed by atoms with Crippen molar-refractivity contribution in [3.63, 3.8) is 0 Å². The van der Waals surface area contributed by atoms with E-state index in [1.807, 2.05) is 12.1 Å². The van der Waals surface area contributed by atoms with Gasteiger partial charge in [-0.2, -0.15) is 0 Å². The maximum atomic E-state index is 9.10. The summed E-state index contributed by atoms with van der Waals surface area (Å²) >= 11 is 0. The lowest BCUT2D eigenvalue weighted by atomic mass is 10.1. The Morgan fingerprint density at radius 2 is 1.55 bits per heavy atom. The molecule has 8 nitrogen and oxygen atoms in total. The van der Waals surface area contributed by atoms with Crippen LogP contribution in [0, 0.1) is 0 Å². The van der Waals surface area contributed by atoms with Gasteiger partial charge in [0.15, 0.2) is 0 Å². The Kier molecular flexibility index (Phi) is 9.36. The van der Waals surface area contributed by atoms with Crippen LogP contribution >= 0.6 is 0 Å². The molecule has 0 aliphatic carbocycles. The molecule has 0 unspecified atom stereocenters. The van der Waals surface area contributed by atoms with Gasteiger partial charge in [0, 0.05) is 32.7 Å². The molecule has 8 heteroatoms. The highest BCUT2D eigenvalue weighted by atomic mass is 16.5. The van der Waals surface area contributed by atoms with Gasteiger partial charge in [0.05, 0.1) is 13.2 Å². The van der Waals surface area contributed by atoms with Gasteiger partial charge in [-0.25, -0.2) is 9.59 Å². The summed E-state index contributed by atoms with van der Waals surface area (Å²) in [5, 5.41) is 17.2. The maximum Gasteiger partial charge on any atom is 0.414 e. The minimum absolute atomic E-state index is 0.598. The topological polar surface area (TPSA) is 99.5 Å². The summed E-state index contributed by atoms with van der Waals surface area (Å²) < 4.78 is 11.5. The molecule has 0 atom stereocenters. The van der Waals surface area contributed by atoms with E-state index in [0.29, 0.717) is 13.2 Å². The molecule has 0 radical (unpaired) electrons. The predicted octanol–water partition coefficient (Wildman–Crippen LogP) is 1.64. The lowest BCUT2D eigenvalue weighted by Gasteiger charge is -2.32. The smallest absolute Gasteiger partial charge is 0.414 e. The zero-order valence-electron chi connectivity index (χ0n) is 16.6. The van der Waals surface area contributed by atoms with Crippen LogP contribution < -0.4 is 4.74 Å². The van der Waals surface area contributed by atoms with E-state index in [0.717, 1.165) is 45.1 Å². The largest absolute Gasteiger partial charge is 0.491 e. The number of piperazine rings is 1. The van der Waals surface area contributed by atoms with Crippen molar-refractivity contribution in [3.8, 4) is 5.75 Å². The predicted molar refractivity (Wildman–Crippen MR) is 109 cm³/mol. The molecule has 1 heterocycles. The average Bonchev–Trinajstić information content (AvgIpc) is 2.72. The normalized spacial score (nSPS) is 14.8. The Hall–Kier alpha value is -2.68. The lowest BCUT2D eigenvalue weighted by Crippen LogP contribution is -2.45. The fraction of sp³-hybridized carbons (Fsp3) is 0.429. The Balaban J connectivity index is 0.000000438. The second-order valence-electron chi connectivity index (χ2n) is 6.73. The first-order chi connectivity index (χ1) is 14.0. The fourth-order valence-electron chi connectivity index (χ4n) is 2.84. The molecule has 2 aromatic carbocycles. The molecule has 0 spiro atoms. The number of rotatable bonds is 7. The van der Waals surface area contributed by atoms with E-state index in [1.54, 1.807) is 0 Å². The summed E-state index contributed by atoms with van der Waals surface area (Å²) in [7, 11) is 2.18. The molecule has 1 aliphatic rings. The van der Waals surface area contributed by atoms with Gasteiger partial charge < -0.3 is 24.6 Å². The third-order valence-electron chi connectivity index (χ3n) is 4.55. The highest BCUT2D eigenvalue weighted by Gasteiger charge is 2.12. The third-order valence-corrected chi connectivity index (χ3v) is 4.55. The molecule has 0 bridgehead atoms. The lowest BCUT2D eigenvalue weighted by molar-refractivity contribution is -0.159. The van der Waals surface area contributed by atoms with Crippen molar-refractivity contribution in [1.82, 2.24) is 9.80 Å². The number of fused-ring (bicyclic) bond motifs is 1. The van der Waals surface area contributed by atoms with E-state index in [9.17, 15) is 0 Å². The summed E-state index contributed by atoms with van der Waals surface area (Å²) in [6.07, 6.45) is 0. The van der Waals surface area contributed by atoms with E-state index in [2.05, 4.69) is 47.2 Å². The first-order valence-electron chi connectivity index (χ1n) is 9.52. The van der Waals surface area contributed by atoms with Gasteiger partial charge in [0.2, 0.25) is 0 Å². The van der Waals surface area contributed by atoms with Crippen LogP contribution in [0.25, 0.3) is 10.8 Å². The van der Waals surface area contributed by atoms with E-state index in [-0.39, 0.29) is 0 Å². The van der Waals surface area contributed by atoms with Crippen LogP contribution in [0.5, 0.6) is 5.75 Å². The van der Waals surface area contributed by atoms with Crippen LogP contribution in [-0.4, -0.2) is 91.5 Å². The van der Waals surface area contributed by atoms with Crippen molar-refractivity contribution >= 4 is 22.7 Å². The second-order valence-corrected chi connectivity index (χ2v) is 6.73. The van der Waals surface area contributed by atoms with Crippen molar-refractivity contribution < 1.29 is 29.3 Å². The zero-order chi connectivity index (χ0) is 21.1. The number of benzene rings is 2. The molecule has 29 heavy (non-hydrogen) atoms. The van der Waals surface area contributed by atoms with E-state index >= 15 is 0 Å². The Labute approximate surface area is 170 Å². The minimum atomic E-state index is -1.82. The van der Waals surface area contributed by atoms with Crippen LogP contribution in [0.3, 0.4) is 0 Å². The Morgan fingerprint density at radius 3 is 2.21 bits per heavy atom. The summed E-state index contributed by atoms with van der Waals surface area (Å²) in [6.45, 7) is 7.65. The van der Waals surface area contributed by atoms with E-state index < -0.39 is 11.9 Å². The zero-order valence-corrected chi connectivity index (χ0v) is 16.6. The van der Waals surface area contributed by atoms with E-state index in [1.165, 1.54) is 10.8 Å². The summed E-state index contributed by atoms with van der Waals surface area (Å²) in [5.41, 5.74) is 0. The van der Waals surface area contributed by atoms with Crippen molar-refractivity contribution in [2.45, 2.75) is 0 Å². The van der Waals surface area contributed by atoms with Crippen molar-refractivity contribution in [2.24, 2.45) is 0 Å². The molecular weight excluding hydrogens is 376 g/mol. The quantitative estimate of drug-likeness (QED) is 0.531. The van der Waals surface area contributed by atoms with Gasteiger partial charge in [-0.3, -0.25) is 4.90 Å².